The predicted octanol–water partition coefficient (Wildman–Crippen LogP) is 6.28. The van der Waals surface area contributed by atoms with Gasteiger partial charge in [0, 0.05) is 29.3 Å². The number of fused-ring (bicyclic) bond motifs is 1. The average molecular weight is 502 g/mol. The van der Waals surface area contributed by atoms with Gasteiger partial charge in [-0.1, -0.05) is 31.2 Å². The van der Waals surface area contributed by atoms with Crippen LogP contribution < -0.4 is 14.2 Å². The van der Waals surface area contributed by atoms with E-state index in [1.54, 1.807) is 37.4 Å². The minimum absolute atomic E-state index is 0.0611. The SMILES string of the molecule is COc1c(O)cccc1C1=C(C)c2cc(O)ccc2OC1c1ccc(OCC(C)N2CCC(C)C2)cc1. The van der Waals surface area contributed by atoms with Crippen LogP contribution in [0, 0.1) is 5.92 Å². The third-order valence-corrected chi connectivity index (χ3v) is 7.52. The third-order valence-electron chi connectivity index (χ3n) is 7.52. The molecular formula is C31H35NO5. The monoisotopic (exact) mass is 501 g/mol. The molecule has 0 aromatic heterocycles. The number of nitrogens with zero attached hydrogens (tertiary/aromatic N) is 1. The second-order valence-electron chi connectivity index (χ2n) is 10.2. The summed E-state index contributed by atoms with van der Waals surface area (Å²) in [4.78, 5) is 2.49. The molecule has 3 aromatic carbocycles. The van der Waals surface area contributed by atoms with Crippen molar-refractivity contribution >= 4 is 11.1 Å². The molecule has 0 radical (unpaired) electrons. The lowest BCUT2D eigenvalue weighted by atomic mass is 9.85. The van der Waals surface area contributed by atoms with E-state index in [2.05, 4.69) is 18.7 Å². The molecule has 1 saturated heterocycles. The van der Waals surface area contributed by atoms with Crippen molar-refractivity contribution in [3.05, 3.63) is 77.4 Å². The average Bonchev–Trinajstić information content (AvgIpc) is 3.34. The Balaban J connectivity index is 1.45. The van der Waals surface area contributed by atoms with E-state index in [9.17, 15) is 10.2 Å². The Morgan fingerprint density at radius 3 is 2.54 bits per heavy atom. The highest BCUT2D eigenvalue weighted by atomic mass is 16.5. The fourth-order valence-electron chi connectivity index (χ4n) is 5.40. The summed E-state index contributed by atoms with van der Waals surface area (Å²) in [5.74, 6) is 2.88. The summed E-state index contributed by atoms with van der Waals surface area (Å²) in [6.07, 6.45) is 0.814. The molecular weight excluding hydrogens is 466 g/mol. The normalized spacial score (nSPS) is 20.3. The fourth-order valence-corrected chi connectivity index (χ4v) is 5.40. The second-order valence-corrected chi connectivity index (χ2v) is 10.2. The van der Waals surface area contributed by atoms with Gasteiger partial charge in [-0.05, 0) is 80.3 Å². The number of ether oxygens (including phenoxy) is 3. The number of likely N-dealkylation sites (tertiary alicyclic amines) is 1. The van der Waals surface area contributed by atoms with E-state index < -0.39 is 6.10 Å². The molecule has 2 aliphatic heterocycles. The van der Waals surface area contributed by atoms with Crippen LogP contribution >= 0.6 is 0 Å². The number of hydrogen-bond donors (Lipinski definition) is 2. The number of methoxy groups -OCH3 is 1. The number of aromatic hydroxyl groups is 2. The largest absolute Gasteiger partial charge is 0.508 e. The van der Waals surface area contributed by atoms with E-state index in [0.717, 1.165) is 52.6 Å². The van der Waals surface area contributed by atoms with E-state index in [-0.39, 0.29) is 11.5 Å². The van der Waals surface area contributed by atoms with Gasteiger partial charge in [-0.2, -0.15) is 0 Å². The predicted molar refractivity (Wildman–Crippen MR) is 145 cm³/mol. The first-order valence-electron chi connectivity index (χ1n) is 12.9. The fraction of sp³-hybridized carbons (Fsp3) is 0.355. The van der Waals surface area contributed by atoms with Gasteiger partial charge in [0.25, 0.3) is 0 Å². The Labute approximate surface area is 218 Å². The highest BCUT2D eigenvalue weighted by molar-refractivity contribution is 5.97. The molecule has 1 fully saturated rings. The van der Waals surface area contributed by atoms with E-state index >= 15 is 0 Å². The van der Waals surface area contributed by atoms with E-state index in [4.69, 9.17) is 14.2 Å². The van der Waals surface area contributed by atoms with Crippen molar-refractivity contribution in [2.45, 2.75) is 39.3 Å². The van der Waals surface area contributed by atoms with Crippen LogP contribution in [0.4, 0.5) is 0 Å². The molecule has 194 valence electrons. The van der Waals surface area contributed by atoms with Gasteiger partial charge in [-0.15, -0.1) is 0 Å². The molecule has 6 nitrogen and oxygen atoms in total. The summed E-state index contributed by atoms with van der Waals surface area (Å²) in [6, 6.07) is 18.8. The number of para-hydroxylation sites is 1. The Bertz CT molecular complexity index is 1300. The molecule has 3 aromatic rings. The highest BCUT2D eigenvalue weighted by Gasteiger charge is 2.32. The van der Waals surface area contributed by atoms with Gasteiger partial charge in [0.15, 0.2) is 11.5 Å². The molecule has 2 aliphatic rings. The van der Waals surface area contributed by atoms with Crippen molar-refractivity contribution < 1.29 is 24.4 Å². The summed E-state index contributed by atoms with van der Waals surface area (Å²) < 4.78 is 18.2. The molecule has 0 amide bonds. The van der Waals surface area contributed by atoms with Gasteiger partial charge in [-0.25, -0.2) is 0 Å². The van der Waals surface area contributed by atoms with Gasteiger partial charge in [0.05, 0.1) is 7.11 Å². The van der Waals surface area contributed by atoms with Crippen molar-refractivity contribution in [1.29, 1.82) is 0 Å². The van der Waals surface area contributed by atoms with E-state index in [0.29, 0.717) is 24.1 Å². The van der Waals surface area contributed by atoms with Crippen molar-refractivity contribution in [2.24, 2.45) is 5.92 Å². The minimum Gasteiger partial charge on any atom is -0.508 e. The highest BCUT2D eigenvalue weighted by Crippen LogP contribution is 2.50. The Kier molecular flexibility index (Phi) is 7.02. The number of phenols is 2. The number of allylic oxidation sites excluding steroid dienone is 1. The number of hydrogen-bond acceptors (Lipinski definition) is 6. The van der Waals surface area contributed by atoms with Gasteiger partial charge in [0.1, 0.15) is 30.0 Å². The van der Waals surface area contributed by atoms with Crippen molar-refractivity contribution in [1.82, 2.24) is 4.90 Å². The molecule has 3 unspecified atom stereocenters. The molecule has 2 N–H and O–H groups in total. The lowest BCUT2D eigenvalue weighted by Crippen LogP contribution is -2.35. The van der Waals surface area contributed by atoms with Crippen molar-refractivity contribution in [2.75, 3.05) is 26.8 Å². The maximum absolute atomic E-state index is 10.5. The molecule has 0 spiro atoms. The summed E-state index contributed by atoms with van der Waals surface area (Å²) >= 11 is 0. The second kappa shape index (κ2) is 10.4. The lowest BCUT2D eigenvalue weighted by molar-refractivity contribution is 0.169. The summed E-state index contributed by atoms with van der Waals surface area (Å²) in [7, 11) is 1.54. The molecule has 0 bridgehead atoms. The number of rotatable bonds is 7. The first-order valence-corrected chi connectivity index (χ1v) is 12.9. The maximum Gasteiger partial charge on any atom is 0.168 e. The maximum atomic E-state index is 10.5. The van der Waals surface area contributed by atoms with Gasteiger partial charge < -0.3 is 24.4 Å². The van der Waals surface area contributed by atoms with Crippen molar-refractivity contribution in [3.8, 4) is 28.7 Å². The third kappa shape index (κ3) is 4.98. The van der Waals surface area contributed by atoms with E-state index in [1.807, 2.05) is 37.3 Å². The number of phenolic OH excluding ortho intramolecular Hbond substituents is 2. The molecule has 0 saturated carbocycles. The van der Waals surface area contributed by atoms with Crippen LogP contribution in [0.1, 0.15) is 50.0 Å². The van der Waals surface area contributed by atoms with Gasteiger partial charge >= 0.3 is 0 Å². The van der Waals surface area contributed by atoms with E-state index in [1.165, 1.54) is 6.42 Å². The molecule has 0 aliphatic carbocycles. The van der Waals surface area contributed by atoms with Crippen LogP contribution in [0.5, 0.6) is 28.7 Å². The standard InChI is InChI=1S/C31H35NO5/c1-19-14-15-32(17-19)20(2)18-36-24-11-8-22(9-12-24)30-29(25-6-5-7-27(34)31(25)35-4)21(3)26-16-23(33)10-13-28(26)37-30/h5-13,16,19-20,30,33-34H,14-15,17-18H2,1-4H3. The van der Waals surface area contributed by atoms with Crippen LogP contribution in [0.3, 0.4) is 0 Å². The molecule has 6 heteroatoms. The minimum atomic E-state index is -0.438. The van der Waals surface area contributed by atoms with Gasteiger partial charge in [0.2, 0.25) is 0 Å². The molecule has 3 atom stereocenters. The summed E-state index contributed by atoms with van der Waals surface area (Å²) in [6.45, 7) is 9.44. The zero-order valence-corrected chi connectivity index (χ0v) is 21.9. The molecule has 2 heterocycles. The number of benzene rings is 3. The molecule has 5 rings (SSSR count). The van der Waals surface area contributed by atoms with Crippen LogP contribution in [0.25, 0.3) is 11.1 Å². The summed E-state index contributed by atoms with van der Waals surface area (Å²) in [5, 5.41) is 20.6. The first-order chi connectivity index (χ1) is 17.9. The Morgan fingerprint density at radius 1 is 1.05 bits per heavy atom. The lowest BCUT2D eigenvalue weighted by Gasteiger charge is -2.32. The van der Waals surface area contributed by atoms with Crippen molar-refractivity contribution in [3.63, 3.8) is 0 Å². The zero-order valence-electron chi connectivity index (χ0n) is 21.9. The Hall–Kier alpha value is -3.64. The van der Waals surface area contributed by atoms with Gasteiger partial charge in [-0.3, -0.25) is 4.90 Å². The van der Waals surface area contributed by atoms with Crippen LogP contribution in [-0.2, 0) is 0 Å². The molecule has 37 heavy (non-hydrogen) atoms. The zero-order chi connectivity index (χ0) is 26.1. The first kappa shape index (κ1) is 25.0. The van der Waals surface area contributed by atoms with Crippen LogP contribution in [0.2, 0.25) is 0 Å². The van der Waals surface area contributed by atoms with Crippen LogP contribution in [-0.4, -0.2) is 48.0 Å². The van der Waals surface area contributed by atoms with Crippen LogP contribution in [0.15, 0.2) is 60.7 Å². The summed E-state index contributed by atoms with van der Waals surface area (Å²) in [5.41, 5.74) is 4.32. The smallest absolute Gasteiger partial charge is 0.168 e. The quantitative estimate of drug-likeness (QED) is 0.397. The Morgan fingerprint density at radius 2 is 1.84 bits per heavy atom. The topological polar surface area (TPSA) is 71.4 Å².